The summed E-state index contributed by atoms with van der Waals surface area (Å²) in [5.74, 6) is 0. The van der Waals surface area contributed by atoms with Crippen LogP contribution >= 0.6 is 16.1 Å². The molecule has 0 aromatic carbocycles. The fourth-order valence-electron chi connectivity index (χ4n) is 0.0386. The summed E-state index contributed by atoms with van der Waals surface area (Å²) in [5.41, 5.74) is 0. The number of hydrogen-bond donors (Lipinski definition) is 1. The lowest BCUT2D eigenvalue weighted by Gasteiger charge is -1.88. The molecule has 0 aliphatic rings. The molecule has 0 bridgehead atoms. The molecule has 1 N–H and O–H groups in total. The van der Waals surface area contributed by atoms with E-state index < -0.39 is 6.09 Å². The summed E-state index contributed by atoms with van der Waals surface area (Å²) in [5, 5.41) is 0. The Labute approximate surface area is 44.0 Å². The number of methoxy groups -OCH3 is 1. The first-order chi connectivity index (χ1) is 2.81. The molecule has 0 aliphatic heterocycles. The van der Waals surface area contributed by atoms with Gasteiger partial charge in [-0.25, -0.2) is 4.79 Å². The van der Waals surface area contributed by atoms with Gasteiger partial charge in [-0.05, 0) is 0 Å². The van der Waals surface area contributed by atoms with Crippen molar-refractivity contribution < 1.29 is 9.53 Å². The second-order valence-corrected chi connectivity index (χ2v) is 0.983. The summed E-state index contributed by atoms with van der Waals surface area (Å²) >= 11 is 2.65. The molecule has 1 amide bonds. The van der Waals surface area contributed by atoms with Gasteiger partial charge in [-0.1, -0.05) is 0 Å². The van der Waals surface area contributed by atoms with Gasteiger partial charge in [0.1, 0.15) is 0 Å². The summed E-state index contributed by atoms with van der Waals surface area (Å²) in [4.78, 5) is 9.80. The molecule has 0 radical (unpaired) electrons. The van der Waals surface area contributed by atoms with E-state index in [9.17, 15) is 4.79 Å². The van der Waals surface area contributed by atoms with Crippen LogP contribution in [0.25, 0.3) is 0 Å². The number of ether oxygens (including phenoxy) is 1. The van der Waals surface area contributed by atoms with Gasteiger partial charge in [0.25, 0.3) is 0 Å². The van der Waals surface area contributed by atoms with Gasteiger partial charge in [-0.2, -0.15) is 0 Å². The summed E-state index contributed by atoms with van der Waals surface area (Å²) in [6.45, 7) is 0. The highest BCUT2D eigenvalue weighted by Crippen LogP contribution is 1.71. The van der Waals surface area contributed by atoms with Crippen LogP contribution < -0.4 is 4.34 Å². The predicted molar refractivity (Wildman–Crippen MR) is 24.5 cm³/mol. The van der Waals surface area contributed by atoms with Crippen molar-refractivity contribution in [2.45, 2.75) is 0 Å². The van der Waals surface area contributed by atoms with Crippen molar-refractivity contribution in [1.29, 1.82) is 0 Å². The highest BCUT2D eigenvalue weighted by atomic mass is 79.9. The molecule has 0 saturated carbocycles. The topological polar surface area (TPSA) is 38.3 Å². The van der Waals surface area contributed by atoms with Gasteiger partial charge in [0, 0.05) is 0 Å². The molecule has 6 heavy (non-hydrogen) atoms. The second kappa shape index (κ2) is 2.96. The van der Waals surface area contributed by atoms with Crippen molar-refractivity contribution in [3.8, 4) is 0 Å². The molecule has 0 aromatic heterocycles. The van der Waals surface area contributed by atoms with Crippen molar-refractivity contribution in [3.63, 3.8) is 0 Å². The van der Waals surface area contributed by atoms with E-state index in [0.717, 1.165) is 0 Å². The van der Waals surface area contributed by atoms with E-state index in [1.165, 1.54) is 7.11 Å². The van der Waals surface area contributed by atoms with Crippen LogP contribution in [0.3, 0.4) is 0 Å². The molecule has 0 fully saturated rings. The zero-order chi connectivity index (χ0) is 4.99. The maximum absolute atomic E-state index is 9.80. The first-order valence-electron chi connectivity index (χ1n) is 1.26. The molecule has 0 unspecified atom stereocenters. The Balaban J connectivity index is 2.99. The third kappa shape index (κ3) is 2.02. The summed E-state index contributed by atoms with van der Waals surface area (Å²) in [6, 6.07) is 0. The molecule has 3 nitrogen and oxygen atoms in total. The Morgan fingerprint density at radius 3 is 2.50 bits per heavy atom. The third-order valence-electron chi connectivity index (χ3n) is 0.263. The minimum atomic E-state index is -0.491. The van der Waals surface area contributed by atoms with Gasteiger partial charge in [-0.15, -0.1) is 0 Å². The first-order valence-corrected chi connectivity index (χ1v) is 2.05. The van der Waals surface area contributed by atoms with Crippen molar-refractivity contribution in [1.82, 2.24) is 4.34 Å². The molecular formula is C2H4BrNO2. The van der Waals surface area contributed by atoms with Crippen LogP contribution in [0.1, 0.15) is 0 Å². The van der Waals surface area contributed by atoms with Crippen LogP contribution in [0.2, 0.25) is 0 Å². The monoisotopic (exact) mass is 153 g/mol. The van der Waals surface area contributed by atoms with E-state index in [2.05, 4.69) is 25.2 Å². The SMILES string of the molecule is COC(=O)NBr. The second-order valence-electron chi connectivity index (χ2n) is 0.586. The van der Waals surface area contributed by atoms with Gasteiger partial charge >= 0.3 is 6.09 Å². The molecule has 0 heterocycles. The van der Waals surface area contributed by atoms with Crippen molar-refractivity contribution >= 4 is 22.2 Å². The average Bonchev–Trinajstić information content (AvgIpc) is 1.65. The average molecular weight is 154 g/mol. The molecular weight excluding hydrogens is 150 g/mol. The lowest BCUT2D eigenvalue weighted by molar-refractivity contribution is 0.179. The van der Waals surface area contributed by atoms with Crippen molar-refractivity contribution in [3.05, 3.63) is 0 Å². The molecule has 0 rings (SSSR count). The Bertz CT molecular complexity index is 49.5. The maximum Gasteiger partial charge on any atom is 0.416 e. The van der Waals surface area contributed by atoms with Gasteiger partial charge in [-0.3, -0.25) is 4.34 Å². The number of halogens is 1. The minimum Gasteiger partial charge on any atom is -0.452 e. The van der Waals surface area contributed by atoms with Crippen LogP contribution in [0.15, 0.2) is 0 Å². The zero-order valence-electron chi connectivity index (χ0n) is 3.19. The molecule has 0 aliphatic carbocycles. The lowest BCUT2D eigenvalue weighted by Crippen LogP contribution is -2.09. The predicted octanol–water partition coefficient (Wildman–Crippen LogP) is 0.652. The molecule has 0 aromatic rings. The van der Waals surface area contributed by atoms with E-state index in [4.69, 9.17) is 0 Å². The zero-order valence-corrected chi connectivity index (χ0v) is 4.78. The van der Waals surface area contributed by atoms with Crippen LogP contribution in [0.4, 0.5) is 4.79 Å². The van der Waals surface area contributed by atoms with Gasteiger partial charge in [0.15, 0.2) is 0 Å². The van der Waals surface area contributed by atoms with Crippen LogP contribution in [0.5, 0.6) is 0 Å². The third-order valence-corrected chi connectivity index (χ3v) is 0.586. The Morgan fingerprint density at radius 1 is 2.00 bits per heavy atom. The highest BCUT2D eigenvalue weighted by Gasteiger charge is 1.87. The largest absolute Gasteiger partial charge is 0.452 e. The normalized spacial score (nSPS) is 7.00. The van der Waals surface area contributed by atoms with E-state index in [-0.39, 0.29) is 0 Å². The van der Waals surface area contributed by atoms with E-state index in [0.29, 0.717) is 0 Å². The minimum absolute atomic E-state index is 0.491. The fraction of sp³-hybridized carbons (Fsp3) is 0.500. The van der Waals surface area contributed by atoms with Gasteiger partial charge in [0.2, 0.25) is 0 Å². The number of carbonyl (C=O) groups is 1. The van der Waals surface area contributed by atoms with Crippen LogP contribution in [0, 0.1) is 0 Å². The van der Waals surface area contributed by atoms with Crippen LogP contribution in [-0.2, 0) is 4.74 Å². The lowest BCUT2D eigenvalue weighted by atomic mass is 11.3. The molecule has 0 saturated heterocycles. The van der Waals surface area contributed by atoms with Gasteiger partial charge < -0.3 is 4.74 Å². The fourth-order valence-corrected chi connectivity index (χ4v) is 0.200. The number of hydrogen-bond acceptors (Lipinski definition) is 2. The van der Waals surface area contributed by atoms with E-state index >= 15 is 0 Å². The molecule has 0 atom stereocenters. The van der Waals surface area contributed by atoms with Gasteiger partial charge in [0.05, 0.1) is 23.3 Å². The summed E-state index contributed by atoms with van der Waals surface area (Å²) < 4.78 is 6.17. The number of nitrogens with one attached hydrogen (secondary N) is 1. The Morgan fingerprint density at radius 2 is 2.50 bits per heavy atom. The molecule has 36 valence electrons. The number of rotatable bonds is 0. The van der Waals surface area contributed by atoms with Crippen molar-refractivity contribution in [2.24, 2.45) is 0 Å². The van der Waals surface area contributed by atoms with E-state index in [1.807, 2.05) is 0 Å². The quantitative estimate of drug-likeness (QED) is 0.520. The Kier molecular flexibility index (Phi) is 2.84. The molecule has 4 heteroatoms. The summed E-state index contributed by atoms with van der Waals surface area (Å²) in [6.07, 6.45) is -0.491. The van der Waals surface area contributed by atoms with Crippen LogP contribution in [-0.4, -0.2) is 13.2 Å². The van der Waals surface area contributed by atoms with Crippen molar-refractivity contribution in [2.75, 3.05) is 7.11 Å². The highest BCUT2D eigenvalue weighted by molar-refractivity contribution is 9.08. The maximum atomic E-state index is 9.80. The summed E-state index contributed by atoms with van der Waals surface area (Å²) in [7, 11) is 1.29. The standard InChI is InChI=1S/C2H4BrNO2/c1-6-2(5)4-3/h1H3,(H,4,5). The number of carbonyl (C=O) groups excluding carboxylic acids is 1. The van der Waals surface area contributed by atoms with E-state index in [1.54, 1.807) is 0 Å². The molecule has 0 spiro atoms. The first kappa shape index (κ1) is 5.75. The number of amides is 1. The Hall–Kier alpha value is -0.250. The smallest absolute Gasteiger partial charge is 0.416 e.